The fourth-order valence-corrected chi connectivity index (χ4v) is 2.54. The van der Waals surface area contributed by atoms with Crippen LogP contribution in [0.2, 0.25) is 5.02 Å². The first-order chi connectivity index (χ1) is 11.7. The van der Waals surface area contributed by atoms with Crippen molar-refractivity contribution < 1.29 is 9.47 Å². The van der Waals surface area contributed by atoms with Crippen LogP contribution in [0.1, 0.15) is 0 Å². The lowest BCUT2D eigenvalue weighted by Gasteiger charge is -2.26. The second-order valence-electron chi connectivity index (χ2n) is 5.35. The average Bonchev–Trinajstić information content (AvgIpc) is 2.60. The van der Waals surface area contributed by atoms with Crippen LogP contribution in [0.4, 0.5) is 17.5 Å². The number of para-hydroxylation sites is 2. The van der Waals surface area contributed by atoms with Crippen molar-refractivity contribution in [2.75, 3.05) is 50.5 Å². The minimum Gasteiger partial charge on any atom is -0.490 e. The molecule has 0 aliphatic carbocycles. The third-order valence-corrected chi connectivity index (χ3v) is 3.95. The van der Waals surface area contributed by atoms with E-state index in [2.05, 4.69) is 20.2 Å². The highest BCUT2D eigenvalue weighted by Crippen LogP contribution is 2.29. The van der Waals surface area contributed by atoms with Gasteiger partial charge >= 0.3 is 0 Å². The van der Waals surface area contributed by atoms with Gasteiger partial charge in [0.05, 0.1) is 25.1 Å². The molecule has 0 spiro atoms. The summed E-state index contributed by atoms with van der Waals surface area (Å²) in [4.78, 5) is 10.3. The minimum atomic E-state index is 0.160. The van der Waals surface area contributed by atoms with Crippen LogP contribution < -0.4 is 15.8 Å². The zero-order valence-electron chi connectivity index (χ0n) is 13.2. The van der Waals surface area contributed by atoms with E-state index >= 15 is 0 Å². The Balaban J connectivity index is 1.63. The number of halogens is 1. The highest BCUT2D eigenvalue weighted by molar-refractivity contribution is 6.32. The Kier molecular flexibility index (Phi) is 5.68. The molecule has 2 aromatic rings. The van der Waals surface area contributed by atoms with Crippen LogP contribution in [0.3, 0.4) is 0 Å². The Morgan fingerprint density at radius 3 is 2.92 bits per heavy atom. The summed E-state index contributed by atoms with van der Waals surface area (Å²) in [6, 6.07) is 7.64. The summed E-state index contributed by atoms with van der Waals surface area (Å²) in [6.45, 7) is 4.91. The van der Waals surface area contributed by atoms with Crippen LogP contribution in [-0.4, -0.2) is 54.3 Å². The Morgan fingerprint density at radius 1 is 1.29 bits per heavy atom. The van der Waals surface area contributed by atoms with Gasteiger partial charge in [-0.3, -0.25) is 4.90 Å². The van der Waals surface area contributed by atoms with Gasteiger partial charge in [-0.05, 0) is 12.1 Å². The quantitative estimate of drug-likeness (QED) is 0.826. The average molecular weight is 350 g/mol. The van der Waals surface area contributed by atoms with E-state index in [-0.39, 0.29) is 5.95 Å². The molecule has 0 unspecified atom stereocenters. The van der Waals surface area contributed by atoms with E-state index in [4.69, 9.17) is 26.8 Å². The van der Waals surface area contributed by atoms with E-state index in [1.807, 2.05) is 24.3 Å². The lowest BCUT2D eigenvalue weighted by Crippen LogP contribution is -2.38. The van der Waals surface area contributed by atoms with E-state index < -0.39 is 0 Å². The summed E-state index contributed by atoms with van der Waals surface area (Å²) in [5.41, 5.74) is 6.39. The van der Waals surface area contributed by atoms with Gasteiger partial charge in [0.2, 0.25) is 5.95 Å². The Morgan fingerprint density at radius 2 is 2.08 bits per heavy atom. The van der Waals surface area contributed by atoms with Gasteiger partial charge in [-0.2, -0.15) is 4.98 Å². The molecular weight excluding hydrogens is 330 g/mol. The number of anilines is 3. The highest BCUT2D eigenvalue weighted by atomic mass is 35.5. The van der Waals surface area contributed by atoms with E-state index in [0.29, 0.717) is 17.4 Å². The second kappa shape index (κ2) is 8.14. The normalized spacial score (nSPS) is 15.2. The van der Waals surface area contributed by atoms with E-state index in [1.54, 1.807) is 0 Å². The molecule has 24 heavy (non-hydrogen) atoms. The largest absolute Gasteiger partial charge is 0.490 e. The van der Waals surface area contributed by atoms with Gasteiger partial charge in [-0.25, -0.2) is 4.98 Å². The first-order valence-corrected chi connectivity index (χ1v) is 8.17. The van der Waals surface area contributed by atoms with Gasteiger partial charge in [0, 0.05) is 19.6 Å². The maximum absolute atomic E-state index is 6.10. The highest BCUT2D eigenvalue weighted by Gasteiger charge is 2.11. The lowest BCUT2D eigenvalue weighted by atomic mass is 10.3. The number of nitrogens with zero attached hydrogens (tertiary/aromatic N) is 3. The van der Waals surface area contributed by atoms with E-state index in [1.165, 1.54) is 6.20 Å². The predicted molar refractivity (Wildman–Crippen MR) is 93.9 cm³/mol. The lowest BCUT2D eigenvalue weighted by molar-refractivity contribution is 0.0323. The fraction of sp³-hybridized carbons (Fsp3) is 0.375. The van der Waals surface area contributed by atoms with Crippen molar-refractivity contribution in [2.24, 2.45) is 0 Å². The van der Waals surface area contributed by atoms with Gasteiger partial charge < -0.3 is 20.5 Å². The molecule has 3 N–H and O–H groups in total. The van der Waals surface area contributed by atoms with Crippen molar-refractivity contribution in [1.82, 2.24) is 14.9 Å². The molecule has 1 fully saturated rings. The zero-order chi connectivity index (χ0) is 16.8. The number of aromatic nitrogens is 2. The SMILES string of the molecule is Nc1ncc(Cl)c(Nc2ccccc2OCCN2CCOCC2)n1. The fourth-order valence-electron chi connectivity index (χ4n) is 2.40. The molecule has 1 aliphatic rings. The molecule has 128 valence electrons. The Bertz CT molecular complexity index is 679. The Labute approximate surface area is 145 Å². The van der Waals surface area contributed by atoms with Crippen LogP contribution in [0.5, 0.6) is 5.75 Å². The number of nitrogens with one attached hydrogen (secondary N) is 1. The number of nitrogens with two attached hydrogens (primary N) is 1. The maximum Gasteiger partial charge on any atom is 0.222 e. The molecule has 1 aliphatic heterocycles. The number of hydrogen-bond donors (Lipinski definition) is 2. The summed E-state index contributed by atoms with van der Waals surface area (Å²) >= 11 is 6.10. The first-order valence-electron chi connectivity index (χ1n) is 7.79. The minimum absolute atomic E-state index is 0.160. The molecule has 2 heterocycles. The summed E-state index contributed by atoms with van der Waals surface area (Å²) in [5.74, 6) is 1.35. The van der Waals surface area contributed by atoms with Gasteiger partial charge in [0.15, 0.2) is 5.82 Å². The van der Waals surface area contributed by atoms with Crippen LogP contribution in [0, 0.1) is 0 Å². The molecule has 3 rings (SSSR count). The van der Waals surface area contributed by atoms with Gasteiger partial charge in [0.25, 0.3) is 0 Å². The van der Waals surface area contributed by atoms with Crippen molar-refractivity contribution in [3.05, 3.63) is 35.5 Å². The second-order valence-corrected chi connectivity index (χ2v) is 5.76. The van der Waals surface area contributed by atoms with E-state index in [9.17, 15) is 0 Å². The van der Waals surface area contributed by atoms with E-state index in [0.717, 1.165) is 44.3 Å². The molecule has 7 nitrogen and oxygen atoms in total. The molecule has 0 atom stereocenters. The first kappa shape index (κ1) is 16.8. The summed E-state index contributed by atoms with van der Waals surface area (Å²) in [6.07, 6.45) is 1.47. The number of morpholine rings is 1. The number of benzene rings is 1. The smallest absolute Gasteiger partial charge is 0.222 e. The third kappa shape index (κ3) is 4.47. The van der Waals surface area contributed by atoms with Crippen molar-refractivity contribution in [2.45, 2.75) is 0 Å². The number of hydrogen-bond acceptors (Lipinski definition) is 7. The molecule has 8 heteroatoms. The van der Waals surface area contributed by atoms with Gasteiger partial charge in [-0.1, -0.05) is 23.7 Å². The van der Waals surface area contributed by atoms with Crippen molar-refractivity contribution in [3.63, 3.8) is 0 Å². The summed E-state index contributed by atoms with van der Waals surface area (Å²) in [7, 11) is 0. The third-order valence-electron chi connectivity index (χ3n) is 3.67. The standard InChI is InChI=1S/C16H20ClN5O2/c17-12-11-19-16(18)21-15(12)20-13-3-1-2-4-14(13)24-10-7-22-5-8-23-9-6-22/h1-4,11H,5-10H2,(H3,18,19,20,21). The van der Waals surface area contributed by atoms with Crippen LogP contribution in [-0.2, 0) is 4.74 Å². The van der Waals surface area contributed by atoms with Crippen molar-refractivity contribution in [1.29, 1.82) is 0 Å². The monoisotopic (exact) mass is 349 g/mol. The van der Waals surface area contributed by atoms with Crippen LogP contribution in [0.25, 0.3) is 0 Å². The summed E-state index contributed by atoms with van der Waals surface area (Å²) < 4.78 is 11.3. The molecule has 0 bridgehead atoms. The maximum atomic E-state index is 6.10. The topological polar surface area (TPSA) is 85.5 Å². The van der Waals surface area contributed by atoms with Crippen molar-refractivity contribution >= 4 is 29.1 Å². The molecule has 0 amide bonds. The Hall–Kier alpha value is -2.09. The zero-order valence-corrected chi connectivity index (χ0v) is 14.0. The van der Waals surface area contributed by atoms with Crippen LogP contribution in [0.15, 0.2) is 30.5 Å². The molecule has 1 aromatic carbocycles. The molecule has 1 aromatic heterocycles. The number of nitrogen functional groups attached to an aromatic ring is 1. The molecule has 0 saturated carbocycles. The number of ether oxygens (including phenoxy) is 2. The van der Waals surface area contributed by atoms with Crippen LogP contribution >= 0.6 is 11.6 Å². The summed E-state index contributed by atoms with van der Waals surface area (Å²) in [5, 5.41) is 3.54. The number of rotatable bonds is 6. The predicted octanol–water partition coefficient (Wildman–Crippen LogP) is 2.17. The molecular formula is C16H20ClN5O2. The molecule has 1 saturated heterocycles. The molecule has 0 radical (unpaired) electrons. The van der Waals surface area contributed by atoms with Gasteiger partial charge in [-0.15, -0.1) is 0 Å². The van der Waals surface area contributed by atoms with Gasteiger partial charge in [0.1, 0.15) is 17.4 Å². The van der Waals surface area contributed by atoms with Crippen molar-refractivity contribution in [3.8, 4) is 5.75 Å².